The van der Waals surface area contributed by atoms with Crippen LogP contribution in [0.15, 0.2) is 97.7 Å². The molecule has 9 nitrogen and oxygen atoms in total. The number of pyridine rings is 3. The predicted octanol–water partition coefficient (Wildman–Crippen LogP) is 6.33. The molecule has 4 N–H and O–H groups in total. The van der Waals surface area contributed by atoms with E-state index in [1.165, 1.54) is 12.1 Å². The summed E-state index contributed by atoms with van der Waals surface area (Å²) in [5.41, 5.74) is 6.51. The molecule has 198 valence electrons. The van der Waals surface area contributed by atoms with E-state index in [-0.39, 0.29) is 11.7 Å². The molecule has 0 atom stereocenters. The minimum absolute atomic E-state index is 0.164. The Kier molecular flexibility index (Phi) is 5.71. The number of fused-ring (bicyclic) bond motifs is 2. The predicted molar refractivity (Wildman–Crippen MR) is 154 cm³/mol. The van der Waals surface area contributed by atoms with Crippen LogP contribution in [0.2, 0.25) is 0 Å². The van der Waals surface area contributed by atoms with E-state index in [4.69, 9.17) is 0 Å². The number of hydrogen-bond donors (Lipinski definition) is 4. The second-order valence-corrected chi connectivity index (χ2v) is 9.50. The standard InChI is InChI=1S/C31H20FN7O2/c32-21-6-18(8-23(40)10-21)26-15-34-16-28-24(26)11-27(37-28)29-25-9-20(13-35-30(25)39-38-29)19-7-22(14-33-12-19)36-31(41)17-4-2-1-3-5-17/h1-16,37,40H,(H,36,41)(H,35,38,39). The average molecular weight is 542 g/mol. The Morgan fingerprint density at radius 3 is 2.51 bits per heavy atom. The summed E-state index contributed by atoms with van der Waals surface area (Å²) in [5, 5.41) is 21.9. The van der Waals surface area contributed by atoms with Crippen LogP contribution in [-0.2, 0) is 0 Å². The van der Waals surface area contributed by atoms with Gasteiger partial charge in [-0.1, -0.05) is 18.2 Å². The lowest BCUT2D eigenvalue weighted by atomic mass is 10.0. The second-order valence-electron chi connectivity index (χ2n) is 9.50. The molecule has 0 radical (unpaired) electrons. The largest absolute Gasteiger partial charge is 0.508 e. The van der Waals surface area contributed by atoms with Crippen molar-refractivity contribution in [2.75, 3.05) is 5.32 Å². The number of rotatable bonds is 5. The number of hydrogen-bond acceptors (Lipinski definition) is 6. The Balaban J connectivity index is 1.25. The van der Waals surface area contributed by atoms with Crippen molar-refractivity contribution in [1.82, 2.24) is 30.1 Å². The average Bonchev–Trinajstić information content (AvgIpc) is 3.61. The zero-order chi connectivity index (χ0) is 27.9. The van der Waals surface area contributed by atoms with E-state index in [1.807, 2.05) is 36.4 Å². The van der Waals surface area contributed by atoms with E-state index < -0.39 is 5.82 Å². The zero-order valence-corrected chi connectivity index (χ0v) is 21.3. The first-order chi connectivity index (χ1) is 20.0. The fourth-order valence-corrected chi connectivity index (χ4v) is 4.86. The normalized spacial score (nSPS) is 11.2. The number of phenolic OH excluding ortho intramolecular Hbond substituents is 1. The van der Waals surface area contributed by atoms with E-state index in [2.05, 4.69) is 35.5 Å². The lowest BCUT2D eigenvalue weighted by molar-refractivity contribution is 0.102. The molecule has 0 saturated carbocycles. The number of H-pyrrole nitrogens is 2. The topological polar surface area (TPSA) is 132 Å². The third-order valence-corrected chi connectivity index (χ3v) is 6.78. The molecule has 0 saturated heterocycles. The number of amides is 1. The maximum Gasteiger partial charge on any atom is 0.255 e. The highest BCUT2D eigenvalue weighted by molar-refractivity contribution is 6.04. The van der Waals surface area contributed by atoms with Crippen LogP contribution in [0, 0.1) is 5.82 Å². The fourth-order valence-electron chi connectivity index (χ4n) is 4.86. The Hall–Kier alpha value is -5.90. The van der Waals surface area contributed by atoms with Crippen molar-refractivity contribution < 1.29 is 14.3 Å². The van der Waals surface area contributed by atoms with Crippen LogP contribution in [0.25, 0.3) is 55.6 Å². The summed E-state index contributed by atoms with van der Waals surface area (Å²) in [4.78, 5) is 29.1. The zero-order valence-electron chi connectivity index (χ0n) is 21.3. The van der Waals surface area contributed by atoms with Gasteiger partial charge in [0.1, 0.15) is 17.3 Å². The molecule has 0 unspecified atom stereocenters. The Morgan fingerprint density at radius 1 is 0.829 bits per heavy atom. The van der Waals surface area contributed by atoms with Crippen LogP contribution in [0.5, 0.6) is 5.75 Å². The van der Waals surface area contributed by atoms with Gasteiger partial charge in [0.05, 0.1) is 29.3 Å². The number of phenols is 1. The summed E-state index contributed by atoms with van der Waals surface area (Å²) in [6.45, 7) is 0. The van der Waals surface area contributed by atoms with Gasteiger partial charge in [-0.25, -0.2) is 9.37 Å². The van der Waals surface area contributed by atoms with Crippen molar-refractivity contribution in [3.05, 3.63) is 109 Å². The lowest BCUT2D eigenvalue weighted by Crippen LogP contribution is -2.11. The Labute approximate surface area is 231 Å². The van der Waals surface area contributed by atoms with Crippen molar-refractivity contribution in [2.24, 2.45) is 0 Å². The SMILES string of the molecule is O=C(Nc1cncc(-c2cnc3[nH]nc(-c4cc5c(-c6cc(O)cc(F)c6)cncc5[nH]4)c3c2)c1)c1ccccc1. The summed E-state index contributed by atoms with van der Waals surface area (Å²) in [6, 6.07) is 18.6. The van der Waals surface area contributed by atoms with Crippen LogP contribution >= 0.6 is 0 Å². The molecule has 0 aliphatic carbocycles. The summed E-state index contributed by atoms with van der Waals surface area (Å²) in [7, 11) is 0. The molecule has 0 spiro atoms. The number of nitrogens with zero attached hydrogens (tertiary/aromatic N) is 4. The van der Waals surface area contributed by atoms with Crippen LogP contribution in [0.1, 0.15) is 10.4 Å². The van der Waals surface area contributed by atoms with Gasteiger partial charge in [-0.2, -0.15) is 5.10 Å². The molecular weight excluding hydrogens is 521 g/mol. The van der Waals surface area contributed by atoms with Gasteiger partial charge in [0, 0.05) is 57.7 Å². The van der Waals surface area contributed by atoms with Gasteiger partial charge in [-0.05, 0) is 48.0 Å². The lowest BCUT2D eigenvalue weighted by Gasteiger charge is -2.07. The molecular formula is C31H20FN7O2. The first-order valence-corrected chi connectivity index (χ1v) is 12.6. The molecule has 0 bridgehead atoms. The first kappa shape index (κ1) is 24.2. The maximum atomic E-state index is 14.0. The smallest absolute Gasteiger partial charge is 0.255 e. The first-order valence-electron chi connectivity index (χ1n) is 12.6. The molecule has 7 aromatic rings. The summed E-state index contributed by atoms with van der Waals surface area (Å²) < 4.78 is 14.0. The van der Waals surface area contributed by atoms with Crippen molar-refractivity contribution in [3.63, 3.8) is 0 Å². The van der Waals surface area contributed by atoms with Crippen molar-refractivity contribution in [2.45, 2.75) is 0 Å². The second kappa shape index (κ2) is 9.69. The van der Waals surface area contributed by atoms with Crippen LogP contribution in [0.3, 0.4) is 0 Å². The number of benzene rings is 2. The Morgan fingerprint density at radius 2 is 1.66 bits per heavy atom. The number of aromatic hydroxyl groups is 1. The molecule has 41 heavy (non-hydrogen) atoms. The van der Waals surface area contributed by atoms with Gasteiger partial charge in [0.15, 0.2) is 5.65 Å². The number of halogens is 1. The third kappa shape index (κ3) is 4.53. The van der Waals surface area contributed by atoms with Gasteiger partial charge in [0.2, 0.25) is 0 Å². The van der Waals surface area contributed by atoms with Crippen LogP contribution in [0.4, 0.5) is 10.1 Å². The number of carbonyl (C=O) groups is 1. The number of nitrogens with one attached hydrogen (secondary N) is 3. The molecule has 0 aliphatic rings. The minimum atomic E-state index is -0.539. The number of anilines is 1. The molecule has 2 aromatic carbocycles. The fraction of sp³-hybridized carbons (Fsp3) is 0. The highest BCUT2D eigenvalue weighted by Gasteiger charge is 2.16. The van der Waals surface area contributed by atoms with Crippen LogP contribution in [-0.4, -0.2) is 41.1 Å². The summed E-state index contributed by atoms with van der Waals surface area (Å²) in [6.07, 6.45) is 8.33. The van der Waals surface area contributed by atoms with E-state index >= 15 is 0 Å². The van der Waals surface area contributed by atoms with Crippen molar-refractivity contribution in [1.29, 1.82) is 0 Å². The summed E-state index contributed by atoms with van der Waals surface area (Å²) in [5.74, 6) is -0.929. The number of carbonyl (C=O) groups excluding carboxylic acids is 1. The molecule has 10 heteroatoms. The van der Waals surface area contributed by atoms with Gasteiger partial charge in [0.25, 0.3) is 5.91 Å². The van der Waals surface area contributed by atoms with E-state index in [9.17, 15) is 14.3 Å². The van der Waals surface area contributed by atoms with E-state index in [1.54, 1.807) is 43.1 Å². The van der Waals surface area contributed by atoms with E-state index in [0.717, 1.165) is 33.5 Å². The molecule has 5 heterocycles. The molecule has 1 amide bonds. The Bertz CT molecular complexity index is 2070. The molecule has 5 aromatic heterocycles. The van der Waals surface area contributed by atoms with Gasteiger partial charge in [-0.15, -0.1) is 0 Å². The molecule has 0 fully saturated rings. The quantitative estimate of drug-likeness (QED) is 0.201. The van der Waals surface area contributed by atoms with E-state index in [0.29, 0.717) is 39.4 Å². The van der Waals surface area contributed by atoms with Crippen LogP contribution < -0.4 is 5.32 Å². The molecule has 7 rings (SSSR count). The summed E-state index contributed by atoms with van der Waals surface area (Å²) >= 11 is 0. The monoisotopic (exact) mass is 541 g/mol. The number of aromatic amines is 2. The van der Waals surface area contributed by atoms with Crippen molar-refractivity contribution >= 4 is 33.5 Å². The minimum Gasteiger partial charge on any atom is -0.508 e. The van der Waals surface area contributed by atoms with Gasteiger partial charge < -0.3 is 15.4 Å². The van der Waals surface area contributed by atoms with Gasteiger partial charge >= 0.3 is 0 Å². The van der Waals surface area contributed by atoms with Gasteiger partial charge in [-0.3, -0.25) is 19.9 Å². The highest BCUT2D eigenvalue weighted by Crippen LogP contribution is 2.35. The highest BCUT2D eigenvalue weighted by atomic mass is 19.1. The maximum absolute atomic E-state index is 14.0. The van der Waals surface area contributed by atoms with Crippen molar-refractivity contribution in [3.8, 4) is 39.4 Å². The number of aromatic nitrogens is 6. The third-order valence-electron chi connectivity index (χ3n) is 6.78. The molecule has 0 aliphatic heterocycles.